The van der Waals surface area contributed by atoms with Crippen LogP contribution in [-0.4, -0.2) is 60.5 Å². The van der Waals surface area contributed by atoms with Crippen LogP contribution in [0.3, 0.4) is 0 Å². The highest BCUT2D eigenvalue weighted by molar-refractivity contribution is 6.04. The first-order valence-corrected chi connectivity index (χ1v) is 11.8. The van der Waals surface area contributed by atoms with Gasteiger partial charge >= 0.3 is 0 Å². The second-order valence-electron chi connectivity index (χ2n) is 9.34. The Morgan fingerprint density at radius 2 is 1.86 bits per heavy atom. The summed E-state index contributed by atoms with van der Waals surface area (Å²) in [4.78, 5) is 35.7. The number of nitrogens with one attached hydrogen (secondary N) is 2. The van der Waals surface area contributed by atoms with Crippen LogP contribution in [0.2, 0.25) is 0 Å². The van der Waals surface area contributed by atoms with Crippen molar-refractivity contribution in [2.75, 3.05) is 18.4 Å². The van der Waals surface area contributed by atoms with Gasteiger partial charge in [-0.25, -0.2) is 13.8 Å². The van der Waals surface area contributed by atoms with Crippen LogP contribution in [0.5, 0.6) is 0 Å². The lowest BCUT2D eigenvalue weighted by atomic mass is 10.1. The van der Waals surface area contributed by atoms with E-state index in [1.807, 2.05) is 6.07 Å². The predicted molar refractivity (Wildman–Crippen MR) is 127 cm³/mol. The van der Waals surface area contributed by atoms with Gasteiger partial charge in [0.1, 0.15) is 5.65 Å². The van der Waals surface area contributed by atoms with Crippen LogP contribution >= 0.6 is 0 Å². The molecule has 0 aromatic carbocycles. The van der Waals surface area contributed by atoms with Gasteiger partial charge in [0.05, 0.1) is 23.0 Å². The molecule has 4 aromatic rings. The number of fused-ring (bicyclic) bond motifs is 1. The number of rotatable bonds is 5. The molecule has 0 bridgehead atoms. The van der Waals surface area contributed by atoms with Crippen LogP contribution in [0.15, 0.2) is 49.1 Å². The molecule has 1 aliphatic heterocycles. The standard InChI is InChI=1S/C25H23F2N7O2/c26-25(27)4-7-33(8-5-25)24(36)18-9-16-3-6-34(22(16)29-13-18)19-10-17(12-28-14-19)23(35)30-21-11-20(31-32-21)15-1-2-15/h3,6,9-15H,1-2,4-5,7-8H2,(H2,30,31,32,35). The normalized spacial score (nSPS) is 17.3. The molecule has 1 aliphatic carbocycles. The molecule has 2 fully saturated rings. The number of nitrogens with zero attached hydrogens (tertiary/aromatic N) is 5. The van der Waals surface area contributed by atoms with Gasteiger partial charge < -0.3 is 10.2 Å². The second kappa shape index (κ2) is 8.51. The maximum atomic E-state index is 13.4. The molecule has 0 unspecified atom stereocenters. The van der Waals surface area contributed by atoms with Gasteiger partial charge in [0.25, 0.3) is 17.7 Å². The van der Waals surface area contributed by atoms with E-state index in [9.17, 15) is 18.4 Å². The lowest BCUT2D eigenvalue weighted by Crippen LogP contribution is -2.42. The fourth-order valence-corrected chi connectivity index (χ4v) is 4.45. The largest absolute Gasteiger partial charge is 0.338 e. The number of H-pyrrole nitrogens is 1. The Labute approximate surface area is 204 Å². The Morgan fingerprint density at radius 1 is 1.06 bits per heavy atom. The van der Waals surface area contributed by atoms with Gasteiger partial charge in [-0.3, -0.25) is 24.2 Å². The van der Waals surface area contributed by atoms with Crippen LogP contribution < -0.4 is 5.32 Å². The van der Waals surface area contributed by atoms with E-state index in [2.05, 4.69) is 25.5 Å². The number of aromatic nitrogens is 5. The van der Waals surface area contributed by atoms with E-state index in [1.54, 1.807) is 35.2 Å². The van der Waals surface area contributed by atoms with Crippen LogP contribution in [0.25, 0.3) is 16.7 Å². The quantitative estimate of drug-likeness (QED) is 0.436. The number of alkyl halides is 2. The molecule has 9 nitrogen and oxygen atoms in total. The van der Waals surface area contributed by atoms with Crippen molar-refractivity contribution in [1.82, 2.24) is 29.6 Å². The van der Waals surface area contributed by atoms with Gasteiger partial charge in [-0.2, -0.15) is 5.10 Å². The minimum atomic E-state index is -2.71. The maximum absolute atomic E-state index is 13.4. The van der Waals surface area contributed by atoms with Crippen molar-refractivity contribution >= 4 is 28.7 Å². The molecular formula is C25H23F2N7O2. The number of hydrogen-bond donors (Lipinski definition) is 2. The van der Waals surface area contributed by atoms with E-state index in [1.165, 1.54) is 17.3 Å². The lowest BCUT2D eigenvalue weighted by Gasteiger charge is -2.31. The third-order valence-corrected chi connectivity index (χ3v) is 6.68. The molecule has 4 aromatic heterocycles. The first kappa shape index (κ1) is 22.3. The van der Waals surface area contributed by atoms with Crippen LogP contribution in [0.1, 0.15) is 58.0 Å². The van der Waals surface area contributed by atoms with Gasteiger partial charge in [-0.15, -0.1) is 0 Å². The average molecular weight is 492 g/mol. The lowest BCUT2D eigenvalue weighted by molar-refractivity contribution is -0.0494. The summed E-state index contributed by atoms with van der Waals surface area (Å²) in [6, 6.07) is 7.06. The number of pyridine rings is 2. The number of amides is 2. The Kier molecular flexibility index (Phi) is 5.27. The van der Waals surface area contributed by atoms with Crippen LogP contribution in [-0.2, 0) is 0 Å². The summed E-state index contributed by atoms with van der Waals surface area (Å²) in [6.07, 6.45) is 7.93. The first-order chi connectivity index (χ1) is 17.4. The monoisotopic (exact) mass is 491 g/mol. The van der Waals surface area contributed by atoms with Crippen molar-refractivity contribution in [1.29, 1.82) is 0 Å². The summed E-state index contributed by atoms with van der Waals surface area (Å²) in [5, 5.41) is 10.6. The van der Waals surface area contributed by atoms with Crippen molar-refractivity contribution < 1.29 is 18.4 Å². The minimum absolute atomic E-state index is 0.0194. The molecule has 2 aliphatic rings. The summed E-state index contributed by atoms with van der Waals surface area (Å²) < 4.78 is 28.7. The van der Waals surface area contributed by atoms with E-state index in [0.29, 0.717) is 39.6 Å². The molecule has 1 saturated carbocycles. The van der Waals surface area contributed by atoms with E-state index in [-0.39, 0.29) is 37.7 Å². The Morgan fingerprint density at radius 3 is 2.64 bits per heavy atom. The van der Waals surface area contributed by atoms with Gasteiger partial charge in [-0.05, 0) is 31.0 Å². The topological polar surface area (TPSA) is 109 Å². The SMILES string of the molecule is O=C(Nc1cc(C2CC2)[nH]n1)c1cncc(-n2ccc3cc(C(=O)N4CCC(F)(F)CC4)cnc32)c1. The molecule has 184 valence electrons. The highest BCUT2D eigenvalue weighted by atomic mass is 19.3. The molecule has 36 heavy (non-hydrogen) atoms. The highest BCUT2D eigenvalue weighted by Gasteiger charge is 2.36. The number of piperidine rings is 1. The molecule has 0 atom stereocenters. The fourth-order valence-electron chi connectivity index (χ4n) is 4.45. The molecule has 11 heteroatoms. The first-order valence-electron chi connectivity index (χ1n) is 11.8. The molecule has 0 spiro atoms. The summed E-state index contributed by atoms with van der Waals surface area (Å²) in [7, 11) is 0. The Balaban J connectivity index is 1.20. The summed E-state index contributed by atoms with van der Waals surface area (Å²) in [6.45, 7) is 0.0388. The molecule has 0 radical (unpaired) electrons. The van der Waals surface area contributed by atoms with Gasteiger partial charge in [0.2, 0.25) is 0 Å². The number of aromatic amines is 1. The third-order valence-electron chi connectivity index (χ3n) is 6.68. The maximum Gasteiger partial charge on any atom is 0.258 e. The highest BCUT2D eigenvalue weighted by Crippen LogP contribution is 2.39. The molecule has 5 heterocycles. The smallest absolute Gasteiger partial charge is 0.258 e. The number of carbonyl (C=O) groups excluding carboxylic acids is 2. The summed E-state index contributed by atoms with van der Waals surface area (Å²) in [5.41, 5.74) is 2.94. The van der Waals surface area contributed by atoms with Gasteiger partial charge in [0, 0.05) is 67.6 Å². The zero-order chi connectivity index (χ0) is 24.9. The number of anilines is 1. The second-order valence-corrected chi connectivity index (χ2v) is 9.34. The van der Waals surface area contributed by atoms with Gasteiger partial charge in [-0.1, -0.05) is 0 Å². The molecule has 1 saturated heterocycles. The number of likely N-dealkylation sites (tertiary alicyclic amines) is 1. The summed E-state index contributed by atoms with van der Waals surface area (Å²) in [5.74, 6) is -2.38. The van der Waals surface area contributed by atoms with Gasteiger partial charge in [0.15, 0.2) is 5.82 Å². The third kappa shape index (κ3) is 4.32. The van der Waals surface area contributed by atoms with Crippen molar-refractivity contribution in [3.8, 4) is 5.69 Å². The molecular weight excluding hydrogens is 468 g/mol. The molecule has 2 amide bonds. The zero-order valence-electron chi connectivity index (χ0n) is 19.2. The predicted octanol–water partition coefficient (Wildman–Crippen LogP) is 4.14. The van der Waals surface area contributed by atoms with E-state index in [4.69, 9.17) is 0 Å². The fraction of sp³-hybridized carbons (Fsp3) is 0.320. The number of hydrogen-bond acceptors (Lipinski definition) is 5. The van der Waals surface area contributed by atoms with Crippen LogP contribution in [0, 0.1) is 0 Å². The van der Waals surface area contributed by atoms with E-state index >= 15 is 0 Å². The van der Waals surface area contributed by atoms with Crippen molar-refractivity contribution in [2.45, 2.75) is 37.5 Å². The van der Waals surface area contributed by atoms with Crippen molar-refractivity contribution in [3.63, 3.8) is 0 Å². The Bertz CT molecular complexity index is 1460. The Hall–Kier alpha value is -4.15. The zero-order valence-corrected chi connectivity index (χ0v) is 19.2. The van der Waals surface area contributed by atoms with Crippen LogP contribution in [0.4, 0.5) is 14.6 Å². The van der Waals surface area contributed by atoms with E-state index < -0.39 is 5.92 Å². The van der Waals surface area contributed by atoms with Crippen molar-refractivity contribution in [2.24, 2.45) is 0 Å². The molecule has 6 rings (SSSR count). The number of halogens is 2. The average Bonchev–Trinajstić information content (AvgIpc) is 3.48. The minimum Gasteiger partial charge on any atom is -0.338 e. The van der Waals surface area contributed by atoms with E-state index in [0.717, 1.165) is 18.5 Å². The number of carbonyl (C=O) groups is 2. The summed E-state index contributed by atoms with van der Waals surface area (Å²) >= 11 is 0. The molecule has 2 N–H and O–H groups in total. The van der Waals surface area contributed by atoms with Crippen molar-refractivity contribution in [3.05, 3.63) is 65.9 Å².